The van der Waals surface area contributed by atoms with Crippen LogP contribution in [0.3, 0.4) is 0 Å². The first-order chi connectivity index (χ1) is 7.08. The van der Waals surface area contributed by atoms with Gasteiger partial charge in [0.2, 0.25) is 0 Å². The van der Waals surface area contributed by atoms with E-state index in [1.54, 1.807) is 6.07 Å². The molecule has 0 radical (unpaired) electrons. The molecule has 0 aromatic heterocycles. The summed E-state index contributed by atoms with van der Waals surface area (Å²) in [6.07, 6.45) is 1.40. The predicted octanol–water partition coefficient (Wildman–Crippen LogP) is 2.25. The molecule has 1 fully saturated rings. The third-order valence-electron chi connectivity index (χ3n) is 2.74. The number of hydrogen-bond donors (Lipinski definition) is 2. The van der Waals surface area contributed by atoms with Crippen LogP contribution in [0.5, 0.6) is 0 Å². The maximum absolute atomic E-state index is 13.0. The van der Waals surface area contributed by atoms with Crippen molar-refractivity contribution in [1.29, 1.82) is 0 Å². The van der Waals surface area contributed by atoms with Gasteiger partial charge in [-0.2, -0.15) is 0 Å². The molecule has 0 spiro atoms. The SMILES string of the molecule is N[C@@H](c1cc(F)cc(Cl)c1)[C@H](O)C1CC1. The molecule has 0 bridgehead atoms. The van der Waals surface area contributed by atoms with Crippen molar-refractivity contribution in [2.75, 3.05) is 0 Å². The van der Waals surface area contributed by atoms with Gasteiger partial charge in [-0.15, -0.1) is 0 Å². The zero-order valence-electron chi connectivity index (χ0n) is 8.16. The van der Waals surface area contributed by atoms with Crippen molar-refractivity contribution >= 4 is 11.6 Å². The number of aliphatic hydroxyl groups excluding tert-OH is 1. The van der Waals surface area contributed by atoms with Crippen LogP contribution in [0.2, 0.25) is 5.02 Å². The van der Waals surface area contributed by atoms with Crippen LogP contribution in [-0.4, -0.2) is 11.2 Å². The van der Waals surface area contributed by atoms with Gasteiger partial charge in [0.05, 0.1) is 12.1 Å². The number of halogens is 2. The van der Waals surface area contributed by atoms with E-state index in [1.807, 2.05) is 0 Å². The number of rotatable bonds is 3. The quantitative estimate of drug-likeness (QED) is 0.835. The molecule has 1 aromatic rings. The topological polar surface area (TPSA) is 46.2 Å². The molecule has 0 amide bonds. The molecule has 1 saturated carbocycles. The number of benzene rings is 1. The molecule has 2 atom stereocenters. The fourth-order valence-corrected chi connectivity index (χ4v) is 1.93. The highest BCUT2D eigenvalue weighted by molar-refractivity contribution is 6.30. The van der Waals surface area contributed by atoms with Crippen molar-refractivity contribution in [2.24, 2.45) is 11.7 Å². The van der Waals surface area contributed by atoms with Gasteiger partial charge < -0.3 is 10.8 Å². The van der Waals surface area contributed by atoms with Crippen LogP contribution >= 0.6 is 11.6 Å². The Morgan fingerprint density at radius 1 is 1.40 bits per heavy atom. The highest BCUT2D eigenvalue weighted by Crippen LogP contribution is 2.37. The van der Waals surface area contributed by atoms with Crippen LogP contribution in [0.4, 0.5) is 4.39 Å². The molecule has 0 saturated heterocycles. The summed E-state index contributed by atoms with van der Waals surface area (Å²) in [4.78, 5) is 0. The van der Waals surface area contributed by atoms with Crippen molar-refractivity contribution < 1.29 is 9.50 Å². The molecule has 0 unspecified atom stereocenters. The molecule has 82 valence electrons. The van der Waals surface area contributed by atoms with Crippen molar-refractivity contribution in [1.82, 2.24) is 0 Å². The summed E-state index contributed by atoms with van der Waals surface area (Å²) in [7, 11) is 0. The summed E-state index contributed by atoms with van der Waals surface area (Å²) >= 11 is 5.72. The zero-order chi connectivity index (χ0) is 11.0. The predicted molar refractivity (Wildman–Crippen MR) is 57.1 cm³/mol. The van der Waals surface area contributed by atoms with E-state index in [4.69, 9.17) is 17.3 Å². The molecule has 1 aliphatic rings. The largest absolute Gasteiger partial charge is 0.391 e. The van der Waals surface area contributed by atoms with Gasteiger partial charge in [-0.3, -0.25) is 0 Å². The van der Waals surface area contributed by atoms with E-state index in [0.29, 0.717) is 10.6 Å². The van der Waals surface area contributed by atoms with Gasteiger partial charge in [-0.25, -0.2) is 4.39 Å². The summed E-state index contributed by atoms with van der Waals surface area (Å²) in [5.74, 6) is -0.155. The normalized spacial score (nSPS) is 20.0. The van der Waals surface area contributed by atoms with Crippen molar-refractivity contribution in [3.05, 3.63) is 34.6 Å². The van der Waals surface area contributed by atoms with Gasteiger partial charge in [0.15, 0.2) is 0 Å². The molecule has 1 aromatic carbocycles. The Morgan fingerprint density at radius 3 is 2.60 bits per heavy atom. The summed E-state index contributed by atoms with van der Waals surface area (Å²) in [5.41, 5.74) is 6.40. The fraction of sp³-hybridized carbons (Fsp3) is 0.455. The Hall–Kier alpha value is -0.640. The Labute approximate surface area is 92.9 Å². The lowest BCUT2D eigenvalue weighted by molar-refractivity contribution is 0.122. The van der Waals surface area contributed by atoms with E-state index >= 15 is 0 Å². The van der Waals surface area contributed by atoms with Gasteiger partial charge in [-0.1, -0.05) is 11.6 Å². The lowest BCUT2D eigenvalue weighted by Gasteiger charge is -2.18. The molecular weight excluding hydrogens is 217 g/mol. The van der Waals surface area contributed by atoms with Crippen LogP contribution in [0.25, 0.3) is 0 Å². The third-order valence-corrected chi connectivity index (χ3v) is 2.96. The van der Waals surface area contributed by atoms with Gasteiger partial charge in [0.25, 0.3) is 0 Å². The Morgan fingerprint density at radius 2 is 2.07 bits per heavy atom. The smallest absolute Gasteiger partial charge is 0.125 e. The first-order valence-corrected chi connectivity index (χ1v) is 5.35. The molecule has 2 nitrogen and oxygen atoms in total. The van der Waals surface area contributed by atoms with Gasteiger partial charge in [-0.05, 0) is 42.5 Å². The summed E-state index contributed by atoms with van der Waals surface area (Å²) in [6, 6.07) is 3.59. The standard InChI is InChI=1S/C11H13ClFNO/c12-8-3-7(4-9(13)5-8)10(14)11(15)6-1-2-6/h3-6,10-11,15H,1-2,14H2/t10-,11+/m0/s1. The summed E-state index contributed by atoms with van der Waals surface area (Å²) in [6.45, 7) is 0. The minimum atomic E-state index is -0.595. The van der Waals surface area contributed by atoms with Crippen molar-refractivity contribution in [3.8, 4) is 0 Å². The van der Waals surface area contributed by atoms with Crippen molar-refractivity contribution in [3.63, 3.8) is 0 Å². The van der Waals surface area contributed by atoms with Crippen molar-refractivity contribution in [2.45, 2.75) is 25.0 Å². The second-order valence-corrected chi connectivity index (χ2v) is 4.49. The third kappa shape index (κ3) is 2.48. The van der Waals surface area contributed by atoms with Crippen LogP contribution < -0.4 is 5.73 Å². The van der Waals surface area contributed by atoms with Crippen LogP contribution in [-0.2, 0) is 0 Å². The molecule has 15 heavy (non-hydrogen) atoms. The monoisotopic (exact) mass is 229 g/mol. The average molecular weight is 230 g/mol. The second-order valence-electron chi connectivity index (χ2n) is 4.06. The minimum absolute atomic E-state index is 0.266. The van der Waals surface area contributed by atoms with E-state index in [-0.39, 0.29) is 5.92 Å². The molecule has 3 N–H and O–H groups in total. The van der Waals surface area contributed by atoms with Crippen LogP contribution in [0.15, 0.2) is 18.2 Å². The Bertz CT molecular complexity index is 347. The first-order valence-electron chi connectivity index (χ1n) is 4.97. The lowest BCUT2D eigenvalue weighted by Crippen LogP contribution is -2.27. The summed E-state index contributed by atoms with van der Waals surface area (Å²) < 4.78 is 13.0. The van der Waals surface area contributed by atoms with Crippen LogP contribution in [0.1, 0.15) is 24.4 Å². The maximum Gasteiger partial charge on any atom is 0.125 e. The van der Waals surface area contributed by atoms with Gasteiger partial charge >= 0.3 is 0 Å². The minimum Gasteiger partial charge on any atom is -0.391 e. The second kappa shape index (κ2) is 4.08. The van der Waals surface area contributed by atoms with E-state index in [2.05, 4.69) is 0 Å². The average Bonchev–Trinajstić information content (AvgIpc) is 2.97. The number of aliphatic hydroxyl groups is 1. The molecule has 0 aliphatic heterocycles. The van der Waals surface area contributed by atoms with E-state index in [0.717, 1.165) is 12.8 Å². The Balaban J connectivity index is 2.19. The van der Waals surface area contributed by atoms with Crippen LogP contribution in [0, 0.1) is 11.7 Å². The summed E-state index contributed by atoms with van der Waals surface area (Å²) in [5, 5.41) is 10.1. The molecule has 0 heterocycles. The first kappa shape index (κ1) is 10.9. The van der Waals surface area contributed by atoms with Gasteiger partial charge in [0.1, 0.15) is 5.82 Å². The van der Waals surface area contributed by atoms with E-state index < -0.39 is 18.0 Å². The molecule has 2 rings (SSSR count). The van der Waals surface area contributed by atoms with E-state index in [9.17, 15) is 9.50 Å². The fourth-order valence-electron chi connectivity index (χ4n) is 1.70. The molecule has 4 heteroatoms. The maximum atomic E-state index is 13.0. The molecular formula is C11H13ClFNO. The highest BCUT2D eigenvalue weighted by atomic mass is 35.5. The zero-order valence-corrected chi connectivity index (χ0v) is 8.91. The lowest BCUT2D eigenvalue weighted by atomic mass is 9.99. The number of nitrogens with two attached hydrogens (primary N) is 1. The number of hydrogen-bond acceptors (Lipinski definition) is 2. The van der Waals surface area contributed by atoms with E-state index in [1.165, 1.54) is 12.1 Å². The Kier molecular flexibility index (Phi) is 2.96. The molecule has 1 aliphatic carbocycles. The highest BCUT2D eigenvalue weighted by Gasteiger charge is 2.34. The van der Waals surface area contributed by atoms with Gasteiger partial charge in [0, 0.05) is 5.02 Å².